The van der Waals surface area contributed by atoms with Gasteiger partial charge in [0.1, 0.15) is 0 Å². The van der Waals surface area contributed by atoms with Gasteiger partial charge >= 0.3 is 0 Å². The number of hydrogen-bond acceptors (Lipinski definition) is 2. The van der Waals surface area contributed by atoms with E-state index in [1.807, 2.05) is 0 Å². The van der Waals surface area contributed by atoms with E-state index in [1.54, 1.807) is 6.42 Å². The Balaban J connectivity index is 0.000000163. The molecular weight excluding hydrogens is 328 g/mol. The summed E-state index contributed by atoms with van der Waals surface area (Å²) in [4.78, 5) is 5.09. The lowest BCUT2D eigenvalue weighted by Crippen LogP contribution is -2.47. The van der Waals surface area contributed by atoms with Crippen molar-refractivity contribution in [3.8, 4) is 0 Å². The fourth-order valence-electron chi connectivity index (χ4n) is 5.61. The first-order chi connectivity index (χ1) is 13.2. The summed E-state index contributed by atoms with van der Waals surface area (Å²) < 4.78 is 0. The zero-order valence-corrected chi connectivity index (χ0v) is 16.4. The number of benzene rings is 2. The predicted molar refractivity (Wildman–Crippen MR) is 112 cm³/mol. The fraction of sp³-hybridized carbons (Fsp3) is 0.440. The normalized spacial score (nSPS) is 30.2. The Morgan fingerprint density at radius 1 is 1.00 bits per heavy atom. The molecule has 140 valence electrons. The summed E-state index contributed by atoms with van der Waals surface area (Å²) in [6, 6.07) is 19.8. The largest absolute Gasteiger partial charge is 0.364 e. The Labute approximate surface area is 163 Å². The van der Waals surface area contributed by atoms with Crippen molar-refractivity contribution in [2.24, 2.45) is 5.92 Å². The van der Waals surface area contributed by atoms with Crippen LogP contribution in [0, 0.1) is 5.92 Å². The van der Waals surface area contributed by atoms with E-state index in [9.17, 15) is 0 Å². The van der Waals surface area contributed by atoms with Gasteiger partial charge in [0.25, 0.3) is 0 Å². The minimum atomic E-state index is 0.309. The van der Waals surface area contributed by atoms with Crippen LogP contribution in [0.5, 0.6) is 0 Å². The van der Waals surface area contributed by atoms with Gasteiger partial charge in [-0.3, -0.25) is 4.90 Å². The second-order valence-electron chi connectivity index (χ2n) is 8.72. The molecule has 3 heterocycles. The van der Waals surface area contributed by atoms with Crippen LogP contribution in [0.2, 0.25) is 0 Å². The number of fused-ring (bicyclic) bond motifs is 1. The smallest absolute Gasteiger partial charge is 0.0795 e. The van der Waals surface area contributed by atoms with Crippen LogP contribution in [-0.2, 0) is 6.42 Å². The van der Waals surface area contributed by atoms with E-state index in [0.29, 0.717) is 6.04 Å². The molecule has 2 saturated heterocycles. The van der Waals surface area contributed by atoms with Gasteiger partial charge in [-0.25, -0.2) is 0 Å². The van der Waals surface area contributed by atoms with Crippen molar-refractivity contribution in [3.63, 3.8) is 0 Å². The van der Waals surface area contributed by atoms with Crippen LogP contribution in [0.25, 0.3) is 0 Å². The number of piperidine rings is 1. The summed E-state index contributed by atoms with van der Waals surface area (Å²) in [6.07, 6.45) is 5.69. The summed E-state index contributed by atoms with van der Waals surface area (Å²) in [5.41, 5.74) is 6.21. The molecule has 0 radical (unpaired) electrons. The quantitative estimate of drug-likeness (QED) is 0.743. The molecule has 2 aromatic carbocycles. The van der Waals surface area contributed by atoms with E-state index in [2.05, 4.69) is 77.9 Å². The van der Waals surface area contributed by atoms with E-state index in [4.69, 9.17) is 0 Å². The van der Waals surface area contributed by atoms with Crippen LogP contribution in [0.3, 0.4) is 0 Å². The molecule has 0 amide bonds. The van der Waals surface area contributed by atoms with Gasteiger partial charge in [0.05, 0.1) is 6.04 Å². The maximum atomic E-state index is 4.15. The molecule has 1 aliphatic carbocycles. The molecule has 0 aromatic heterocycles. The van der Waals surface area contributed by atoms with Gasteiger partial charge in [-0.05, 0) is 61.8 Å². The molecule has 3 unspecified atom stereocenters. The van der Waals surface area contributed by atoms with Crippen LogP contribution < -0.4 is 0 Å². The Hall–Kier alpha value is -2.06. The molecule has 2 heteroatoms. The van der Waals surface area contributed by atoms with Crippen molar-refractivity contribution >= 4 is 0 Å². The standard InChI is InChI=1S/C18H19N.C7H11N/c1-14(2)19-13-12-15-8-6-7-11-17(15)18(19)16-9-4-3-5-10-16;1-3-8-4-2-7(8)5-6(1)7/h3-11,18H,1,12-13H2,2H3;6H,1-5H2. The lowest BCUT2D eigenvalue weighted by atomic mass is 9.88. The summed E-state index contributed by atoms with van der Waals surface area (Å²) in [5.74, 6) is 1.15. The van der Waals surface area contributed by atoms with Crippen molar-refractivity contribution in [3.05, 3.63) is 83.6 Å². The molecule has 1 saturated carbocycles. The Morgan fingerprint density at radius 3 is 2.37 bits per heavy atom. The van der Waals surface area contributed by atoms with Gasteiger partial charge in [-0.1, -0.05) is 61.2 Å². The highest BCUT2D eigenvalue weighted by Gasteiger charge is 2.65. The molecule has 3 fully saturated rings. The number of allylic oxidation sites excluding steroid dienone is 1. The summed E-state index contributed by atoms with van der Waals surface area (Å²) in [5, 5.41) is 0. The van der Waals surface area contributed by atoms with Crippen LogP contribution in [0.4, 0.5) is 0 Å². The first kappa shape index (κ1) is 17.1. The van der Waals surface area contributed by atoms with E-state index < -0.39 is 0 Å². The van der Waals surface area contributed by atoms with E-state index >= 15 is 0 Å². The predicted octanol–water partition coefficient (Wildman–Crippen LogP) is 5.02. The lowest BCUT2D eigenvalue weighted by molar-refractivity contribution is 0.0970. The summed E-state index contributed by atoms with van der Waals surface area (Å²) >= 11 is 0. The third-order valence-electron chi connectivity index (χ3n) is 7.28. The maximum absolute atomic E-state index is 4.15. The van der Waals surface area contributed by atoms with Crippen LogP contribution in [0.1, 0.15) is 48.9 Å². The molecule has 0 bridgehead atoms. The highest BCUT2D eigenvalue weighted by molar-refractivity contribution is 5.40. The molecule has 0 N–H and O–H groups in total. The van der Waals surface area contributed by atoms with Crippen LogP contribution in [0.15, 0.2) is 66.9 Å². The van der Waals surface area contributed by atoms with Gasteiger partial charge in [0.15, 0.2) is 0 Å². The third-order valence-corrected chi connectivity index (χ3v) is 7.28. The first-order valence-electron chi connectivity index (χ1n) is 10.5. The molecule has 2 nitrogen and oxygen atoms in total. The molecule has 4 aliphatic rings. The van der Waals surface area contributed by atoms with Crippen LogP contribution >= 0.6 is 0 Å². The molecule has 3 aliphatic heterocycles. The van der Waals surface area contributed by atoms with Gasteiger partial charge in [0.2, 0.25) is 0 Å². The topological polar surface area (TPSA) is 6.48 Å². The highest BCUT2D eigenvalue weighted by atomic mass is 15.3. The van der Waals surface area contributed by atoms with Gasteiger partial charge in [-0.15, -0.1) is 0 Å². The molecule has 3 atom stereocenters. The van der Waals surface area contributed by atoms with Crippen molar-refractivity contribution in [1.29, 1.82) is 0 Å². The minimum absolute atomic E-state index is 0.309. The molecule has 2 aromatic rings. The molecule has 1 spiro atoms. The Morgan fingerprint density at radius 2 is 1.78 bits per heavy atom. The zero-order chi connectivity index (χ0) is 18.4. The first-order valence-corrected chi connectivity index (χ1v) is 10.5. The van der Waals surface area contributed by atoms with Crippen molar-refractivity contribution in [2.45, 2.75) is 44.2 Å². The molecule has 27 heavy (non-hydrogen) atoms. The molecular formula is C25H30N2. The zero-order valence-electron chi connectivity index (χ0n) is 16.4. The van der Waals surface area contributed by atoms with Crippen molar-refractivity contribution < 1.29 is 0 Å². The van der Waals surface area contributed by atoms with Crippen molar-refractivity contribution in [1.82, 2.24) is 9.80 Å². The van der Waals surface area contributed by atoms with Gasteiger partial charge in [0, 0.05) is 24.3 Å². The number of nitrogens with zero attached hydrogens (tertiary/aromatic N) is 2. The second-order valence-corrected chi connectivity index (χ2v) is 8.72. The monoisotopic (exact) mass is 358 g/mol. The van der Waals surface area contributed by atoms with E-state index in [-0.39, 0.29) is 0 Å². The van der Waals surface area contributed by atoms with E-state index in [0.717, 1.165) is 30.1 Å². The average Bonchev–Trinajstić information content (AvgIpc) is 3.39. The fourth-order valence-corrected chi connectivity index (χ4v) is 5.61. The highest BCUT2D eigenvalue weighted by Crippen LogP contribution is 2.62. The van der Waals surface area contributed by atoms with Gasteiger partial charge in [-0.2, -0.15) is 0 Å². The Bertz CT molecular complexity index is 836. The lowest BCUT2D eigenvalue weighted by Gasteiger charge is -2.39. The average molecular weight is 359 g/mol. The maximum Gasteiger partial charge on any atom is 0.0795 e. The summed E-state index contributed by atoms with van der Waals surface area (Å²) in [6.45, 7) is 10.1. The number of rotatable bonds is 2. The van der Waals surface area contributed by atoms with E-state index in [1.165, 1.54) is 42.6 Å². The van der Waals surface area contributed by atoms with Crippen LogP contribution in [-0.4, -0.2) is 35.0 Å². The van der Waals surface area contributed by atoms with Gasteiger partial charge < -0.3 is 4.90 Å². The second kappa shape index (κ2) is 6.53. The summed E-state index contributed by atoms with van der Waals surface area (Å²) in [7, 11) is 0. The van der Waals surface area contributed by atoms with Crippen molar-refractivity contribution in [2.75, 3.05) is 19.6 Å². The number of hydrogen-bond donors (Lipinski definition) is 0. The third kappa shape index (κ3) is 2.82. The molecule has 6 rings (SSSR count). The minimum Gasteiger partial charge on any atom is -0.364 e. The Kier molecular flexibility index (Phi) is 4.12. The SMILES string of the molecule is C1CN2CCC23CC13.C=C(C)N1CCc2ccccc2C1c1ccccc1.